The highest BCUT2D eigenvalue weighted by molar-refractivity contribution is 6.33. The van der Waals surface area contributed by atoms with E-state index in [1.165, 1.54) is 24.3 Å². The predicted molar refractivity (Wildman–Crippen MR) is 191 cm³/mol. The van der Waals surface area contributed by atoms with Crippen LogP contribution in [0.3, 0.4) is 0 Å². The molecule has 0 aliphatic heterocycles. The summed E-state index contributed by atoms with van der Waals surface area (Å²) in [6.07, 6.45) is -5.41. The van der Waals surface area contributed by atoms with Gasteiger partial charge in [0.1, 0.15) is 46.3 Å². The molecule has 0 saturated heterocycles. The molecule has 3 unspecified atom stereocenters. The highest BCUT2D eigenvalue weighted by Gasteiger charge is 2.42. The zero-order valence-corrected chi connectivity index (χ0v) is 32.3. The molecule has 1 heterocycles. The highest BCUT2D eigenvalue weighted by atomic mass is 35.5. The summed E-state index contributed by atoms with van der Waals surface area (Å²) in [6.45, 7) is 8.06. The van der Waals surface area contributed by atoms with Gasteiger partial charge in [0, 0.05) is 66.2 Å². The van der Waals surface area contributed by atoms with Crippen LogP contribution in [-0.4, -0.2) is 79.6 Å². The number of carbonyl (C=O) groups is 7. The van der Waals surface area contributed by atoms with Gasteiger partial charge < -0.3 is 47.0 Å². The maximum Gasteiger partial charge on any atom is 0.308 e. The first-order valence-corrected chi connectivity index (χ1v) is 17.1. The van der Waals surface area contributed by atoms with Crippen molar-refractivity contribution in [2.75, 3.05) is 13.4 Å². The van der Waals surface area contributed by atoms with Crippen molar-refractivity contribution >= 4 is 64.4 Å². The summed E-state index contributed by atoms with van der Waals surface area (Å²) in [4.78, 5) is 97.3. The first kappa shape index (κ1) is 44.4. The molecule has 0 N–H and O–H groups in total. The van der Waals surface area contributed by atoms with E-state index in [1.807, 2.05) is 0 Å². The Balaban J connectivity index is 2.11. The molecule has 0 amide bonds. The lowest BCUT2D eigenvalue weighted by atomic mass is 10.0. The van der Waals surface area contributed by atoms with E-state index in [1.54, 1.807) is 6.92 Å². The molecular formula is C37H39ClO18. The summed E-state index contributed by atoms with van der Waals surface area (Å²) in [5, 5.41) is -0.717. The number of benzene rings is 2. The molecule has 0 spiro atoms. The van der Waals surface area contributed by atoms with Gasteiger partial charge in [0.05, 0.1) is 0 Å². The number of rotatable bonds is 17. The zero-order chi connectivity index (χ0) is 41.9. The van der Waals surface area contributed by atoms with Gasteiger partial charge in [-0.05, 0) is 24.6 Å². The fraction of sp³-hybridized carbons (Fsp3) is 0.405. The Labute approximate surface area is 324 Å². The van der Waals surface area contributed by atoms with Crippen molar-refractivity contribution in [3.05, 3.63) is 45.6 Å². The van der Waals surface area contributed by atoms with Crippen LogP contribution in [0.25, 0.3) is 22.3 Å². The molecule has 1 aromatic heterocycles. The number of fused-ring (bicyclic) bond motifs is 1. The van der Waals surface area contributed by atoms with Gasteiger partial charge in [-0.3, -0.25) is 38.4 Å². The smallest absolute Gasteiger partial charge is 0.308 e. The largest absolute Gasteiger partial charge is 0.467 e. The van der Waals surface area contributed by atoms with E-state index in [0.717, 1.165) is 54.5 Å². The SMILES string of the molecule is CC[C@@H](OC(C)=O)C(OC(C)=O)C(OC(C)=O)C(COC(C)=O)OCOc1cc(OC(C)=O)c2c(=O)c(Cl)c(-c3ccc(OC(C)=O)c(OC(C)=O)c3)oc2c1. The quantitative estimate of drug-likeness (QED) is 0.0797. The number of halogens is 1. The van der Waals surface area contributed by atoms with E-state index in [-0.39, 0.29) is 51.7 Å². The number of esters is 7. The Morgan fingerprint density at radius 1 is 0.661 bits per heavy atom. The Morgan fingerprint density at radius 3 is 1.75 bits per heavy atom. The third-order valence-electron chi connectivity index (χ3n) is 7.18. The molecule has 0 fully saturated rings. The van der Waals surface area contributed by atoms with Crippen LogP contribution in [0.4, 0.5) is 0 Å². The molecule has 0 saturated carbocycles. The van der Waals surface area contributed by atoms with E-state index in [2.05, 4.69) is 0 Å². The average molecular weight is 807 g/mol. The maximum atomic E-state index is 13.6. The van der Waals surface area contributed by atoms with Crippen LogP contribution in [0.15, 0.2) is 39.5 Å². The van der Waals surface area contributed by atoms with Crippen LogP contribution in [0.2, 0.25) is 5.02 Å². The van der Waals surface area contributed by atoms with Crippen molar-refractivity contribution in [3.63, 3.8) is 0 Å². The summed E-state index contributed by atoms with van der Waals surface area (Å²) in [5.41, 5.74) is -0.936. The molecule has 18 nitrogen and oxygen atoms in total. The second-order valence-corrected chi connectivity index (χ2v) is 12.2. The first-order chi connectivity index (χ1) is 26.3. The lowest BCUT2D eigenvalue weighted by molar-refractivity contribution is -0.206. The Bertz CT molecular complexity index is 2050. The van der Waals surface area contributed by atoms with Crippen molar-refractivity contribution < 1.29 is 80.6 Å². The molecule has 302 valence electrons. The third kappa shape index (κ3) is 12.5. The molecule has 0 aliphatic rings. The highest BCUT2D eigenvalue weighted by Crippen LogP contribution is 2.39. The molecule has 3 rings (SSSR count). The zero-order valence-electron chi connectivity index (χ0n) is 31.5. The lowest BCUT2D eigenvalue weighted by Gasteiger charge is -2.35. The van der Waals surface area contributed by atoms with Gasteiger partial charge in [-0.25, -0.2) is 0 Å². The summed E-state index contributed by atoms with van der Waals surface area (Å²) in [5.74, 6) is -6.39. The molecule has 2 aromatic carbocycles. The van der Waals surface area contributed by atoms with Crippen molar-refractivity contribution in [2.24, 2.45) is 0 Å². The summed E-state index contributed by atoms with van der Waals surface area (Å²) < 4.78 is 54.6. The van der Waals surface area contributed by atoms with Crippen molar-refractivity contribution in [2.45, 2.75) is 86.2 Å². The van der Waals surface area contributed by atoms with Gasteiger partial charge in [0.15, 0.2) is 36.3 Å². The van der Waals surface area contributed by atoms with E-state index >= 15 is 0 Å². The minimum Gasteiger partial charge on any atom is -0.467 e. The average Bonchev–Trinajstić information content (AvgIpc) is 3.08. The van der Waals surface area contributed by atoms with Gasteiger partial charge in [0.2, 0.25) is 5.43 Å². The molecule has 0 radical (unpaired) electrons. The molecule has 4 atom stereocenters. The van der Waals surface area contributed by atoms with E-state index in [0.29, 0.717) is 0 Å². The fourth-order valence-electron chi connectivity index (χ4n) is 5.18. The summed E-state index contributed by atoms with van der Waals surface area (Å²) in [7, 11) is 0. The van der Waals surface area contributed by atoms with Crippen LogP contribution in [0.1, 0.15) is 61.8 Å². The van der Waals surface area contributed by atoms with Crippen molar-refractivity contribution in [1.29, 1.82) is 0 Å². The van der Waals surface area contributed by atoms with Gasteiger partial charge in [-0.1, -0.05) is 18.5 Å². The van der Waals surface area contributed by atoms with Crippen LogP contribution in [0.5, 0.6) is 23.0 Å². The topological polar surface area (TPSA) is 233 Å². The van der Waals surface area contributed by atoms with Crippen molar-refractivity contribution in [3.8, 4) is 34.3 Å². The lowest BCUT2D eigenvalue weighted by Crippen LogP contribution is -2.52. The number of hydrogen-bond donors (Lipinski definition) is 0. The standard InChI is InChI=1S/C37H39ClO18/c1-9-26(50-18(3)40)36(54-22(7)44)37(55-23(8)45)31(15-47-17(2)39)49-16-48-25-13-29(53-21(6)43)32-30(14-25)56-35(33(38)34(32)46)24-10-11-27(51-19(4)41)28(12-24)52-20(5)42/h10-14,26,31,36-37H,9,15-16H2,1-8H3/t26-,31?,36?,37?/m1/s1. The van der Waals surface area contributed by atoms with Gasteiger partial charge >= 0.3 is 41.8 Å². The van der Waals surface area contributed by atoms with Gasteiger partial charge in [-0.2, -0.15) is 0 Å². The molecular weight excluding hydrogens is 768 g/mol. The minimum atomic E-state index is -1.52. The fourth-order valence-corrected chi connectivity index (χ4v) is 5.42. The second-order valence-electron chi connectivity index (χ2n) is 11.8. The van der Waals surface area contributed by atoms with Crippen LogP contribution in [0, 0.1) is 0 Å². The number of ether oxygens (including phenoxy) is 9. The number of carbonyl (C=O) groups excluding carboxylic acids is 7. The second kappa shape index (κ2) is 20.1. The molecule has 3 aromatic rings. The van der Waals surface area contributed by atoms with Gasteiger partial charge in [-0.15, -0.1) is 0 Å². The van der Waals surface area contributed by atoms with Crippen LogP contribution >= 0.6 is 11.6 Å². The molecule has 0 aliphatic carbocycles. The Morgan fingerprint density at radius 2 is 1.21 bits per heavy atom. The predicted octanol–water partition coefficient (Wildman–Crippen LogP) is 4.38. The monoisotopic (exact) mass is 806 g/mol. The maximum absolute atomic E-state index is 13.6. The first-order valence-electron chi connectivity index (χ1n) is 16.7. The normalized spacial score (nSPS) is 12.9. The summed E-state index contributed by atoms with van der Waals surface area (Å²) >= 11 is 6.47. The van der Waals surface area contributed by atoms with E-state index in [4.69, 9.17) is 58.6 Å². The Kier molecular flexibility index (Phi) is 15.9. The molecule has 0 bridgehead atoms. The summed E-state index contributed by atoms with van der Waals surface area (Å²) in [6, 6.07) is 6.29. The minimum absolute atomic E-state index is 0.0979. The van der Waals surface area contributed by atoms with Crippen molar-refractivity contribution in [1.82, 2.24) is 0 Å². The van der Waals surface area contributed by atoms with Crippen LogP contribution in [-0.2, 0) is 57.2 Å². The number of hydrogen-bond acceptors (Lipinski definition) is 18. The molecule has 56 heavy (non-hydrogen) atoms. The van der Waals surface area contributed by atoms with Gasteiger partial charge in [0.25, 0.3) is 0 Å². The molecule has 19 heteroatoms. The van der Waals surface area contributed by atoms with Crippen LogP contribution < -0.4 is 24.4 Å². The van der Waals surface area contributed by atoms with E-state index < -0.39 is 90.1 Å². The Hall–Kier alpha value is -6.01. The van der Waals surface area contributed by atoms with E-state index in [9.17, 15) is 38.4 Å². The third-order valence-corrected chi connectivity index (χ3v) is 7.53.